The van der Waals surface area contributed by atoms with Crippen LogP contribution in [-0.2, 0) is 4.79 Å². The quantitative estimate of drug-likeness (QED) is 0.698. The van der Waals surface area contributed by atoms with Crippen LogP contribution in [0.25, 0.3) is 0 Å². The Morgan fingerprint density at radius 1 is 0.962 bits per heavy atom. The van der Waals surface area contributed by atoms with Crippen molar-refractivity contribution >= 4 is 23.1 Å². The molecule has 0 spiro atoms. The minimum Gasteiger partial charge on any atom is -0.484 e. The average Bonchev–Trinajstić information content (AvgIpc) is 2.65. The van der Waals surface area contributed by atoms with Gasteiger partial charge in [0.05, 0.1) is 11.9 Å². The molecule has 0 atom stereocenters. The van der Waals surface area contributed by atoms with Crippen molar-refractivity contribution in [2.24, 2.45) is 0 Å². The van der Waals surface area contributed by atoms with Crippen molar-refractivity contribution < 1.29 is 18.3 Å². The standard InChI is InChI=1S/C19H15F2N3O2/c20-15-7-4-8-16(21)19(15)23-13-9-10-17(22-11-13)24-18(25)12-26-14-5-2-1-3-6-14/h1-11,23H,12H2,(H,22,24,25). The number of nitrogens with one attached hydrogen (secondary N) is 2. The van der Waals surface area contributed by atoms with Gasteiger partial charge in [0.2, 0.25) is 0 Å². The molecule has 0 aliphatic rings. The lowest BCUT2D eigenvalue weighted by molar-refractivity contribution is -0.118. The minimum atomic E-state index is -0.708. The number of hydrogen-bond donors (Lipinski definition) is 2. The number of hydrogen-bond acceptors (Lipinski definition) is 4. The number of carbonyl (C=O) groups is 1. The van der Waals surface area contributed by atoms with Crippen molar-refractivity contribution in [2.75, 3.05) is 17.2 Å². The predicted octanol–water partition coefficient (Wildman–Crippen LogP) is 4.12. The summed E-state index contributed by atoms with van der Waals surface area (Å²) < 4.78 is 32.6. The lowest BCUT2D eigenvalue weighted by Crippen LogP contribution is -2.20. The Morgan fingerprint density at radius 3 is 2.35 bits per heavy atom. The van der Waals surface area contributed by atoms with E-state index in [2.05, 4.69) is 15.6 Å². The second-order valence-corrected chi connectivity index (χ2v) is 5.30. The zero-order chi connectivity index (χ0) is 18.4. The summed E-state index contributed by atoms with van der Waals surface area (Å²) in [4.78, 5) is 15.9. The largest absolute Gasteiger partial charge is 0.484 e. The first-order chi connectivity index (χ1) is 12.6. The van der Waals surface area contributed by atoms with Gasteiger partial charge < -0.3 is 15.4 Å². The van der Waals surface area contributed by atoms with Crippen LogP contribution in [0.1, 0.15) is 0 Å². The summed E-state index contributed by atoms with van der Waals surface area (Å²) in [6.45, 7) is -0.161. The van der Waals surface area contributed by atoms with Gasteiger partial charge in [0.1, 0.15) is 28.9 Å². The molecule has 0 aliphatic carbocycles. The lowest BCUT2D eigenvalue weighted by atomic mass is 10.2. The second-order valence-electron chi connectivity index (χ2n) is 5.30. The first-order valence-electron chi connectivity index (χ1n) is 7.76. The van der Waals surface area contributed by atoms with Gasteiger partial charge in [-0.05, 0) is 36.4 Å². The first-order valence-corrected chi connectivity index (χ1v) is 7.76. The fraction of sp³-hybridized carbons (Fsp3) is 0.0526. The van der Waals surface area contributed by atoms with Crippen molar-refractivity contribution in [3.63, 3.8) is 0 Å². The molecule has 26 heavy (non-hydrogen) atoms. The number of pyridine rings is 1. The first kappa shape index (κ1) is 17.3. The Labute approximate surface area is 148 Å². The average molecular weight is 355 g/mol. The molecule has 1 amide bonds. The number of anilines is 3. The lowest BCUT2D eigenvalue weighted by Gasteiger charge is -2.10. The maximum absolute atomic E-state index is 13.6. The molecule has 0 bridgehead atoms. The van der Waals surface area contributed by atoms with E-state index < -0.39 is 11.6 Å². The van der Waals surface area contributed by atoms with Crippen LogP contribution in [0.15, 0.2) is 66.9 Å². The summed E-state index contributed by atoms with van der Waals surface area (Å²) in [5.41, 5.74) is 0.120. The van der Waals surface area contributed by atoms with Gasteiger partial charge in [0.25, 0.3) is 5.91 Å². The molecule has 1 heterocycles. The number of amides is 1. The van der Waals surface area contributed by atoms with Crippen molar-refractivity contribution in [1.82, 2.24) is 4.98 Å². The molecule has 3 aromatic rings. The van der Waals surface area contributed by atoms with Crippen LogP contribution in [0.2, 0.25) is 0 Å². The Kier molecular flexibility index (Phi) is 5.38. The molecule has 0 saturated heterocycles. The number of ether oxygens (including phenoxy) is 1. The topological polar surface area (TPSA) is 63.2 Å². The summed E-state index contributed by atoms with van der Waals surface area (Å²) in [6, 6.07) is 15.6. The van der Waals surface area contributed by atoms with E-state index in [0.717, 1.165) is 12.1 Å². The third kappa shape index (κ3) is 4.54. The van der Waals surface area contributed by atoms with Gasteiger partial charge in [-0.2, -0.15) is 0 Å². The fourth-order valence-electron chi connectivity index (χ4n) is 2.15. The minimum absolute atomic E-state index is 0.161. The SMILES string of the molecule is O=C(COc1ccccc1)Nc1ccc(Nc2c(F)cccc2F)cn1. The number of aromatic nitrogens is 1. The van der Waals surface area contributed by atoms with Gasteiger partial charge in [0.15, 0.2) is 6.61 Å². The molecule has 0 saturated carbocycles. The highest BCUT2D eigenvalue weighted by Gasteiger charge is 2.09. The molecule has 2 aromatic carbocycles. The van der Waals surface area contributed by atoms with E-state index in [1.54, 1.807) is 30.3 Å². The summed E-state index contributed by atoms with van der Waals surface area (Å²) in [6.07, 6.45) is 1.36. The molecule has 5 nitrogen and oxygen atoms in total. The van der Waals surface area contributed by atoms with Gasteiger partial charge in [0, 0.05) is 0 Å². The van der Waals surface area contributed by atoms with Crippen LogP contribution in [0.3, 0.4) is 0 Å². The maximum Gasteiger partial charge on any atom is 0.263 e. The van der Waals surface area contributed by atoms with E-state index in [0.29, 0.717) is 17.3 Å². The third-order valence-corrected chi connectivity index (χ3v) is 3.38. The van der Waals surface area contributed by atoms with E-state index in [1.165, 1.54) is 18.3 Å². The van der Waals surface area contributed by atoms with Gasteiger partial charge in [-0.3, -0.25) is 4.79 Å². The Hall–Kier alpha value is -3.48. The molecule has 0 radical (unpaired) electrons. The normalized spacial score (nSPS) is 10.2. The highest BCUT2D eigenvalue weighted by molar-refractivity contribution is 5.91. The van der Waals surface area contributed by atoms with Crippen LogP contribution in [0.5, 0.6) is 5.75 Å². The molecule has 0 unspecified atom stereocenters. The summed E-state index contributed by atoms with van der Waals surface area (Å²) in [5.74, 6) is -0.906. The molecule has 3 rings (SSSR count). The van der Waals surface area contributed by atoms with Gasteiger partial charge in [-0.1, -0.05) is 24.3 Å². The smallest absolute Gasteiger partial charge is 0.263 e. The van der Waals surface area contributed by atoms with Gasteiger partial charge in [-0.15, -0.1) is 0 Å². The Bertz CT molecular complexity index is 867. The monoisotopic (exact) mass is 355 g/mol. The summed E-state index contributed by atoms with van der Waals surface area (Å²) >= 11 is 0. The number of rotatable bonds is 6. The highest BCUT2D eigenvalue weighted by atomic mass is 19.1. The summed E-state index contributed by atoms with van der Waals surface area (Å²) in [5, 5.41) is 5.19. The molecule has 0 fully saturated rings. The molecule has 2 N–H and O–H groups in total. The number of carbonyl (C=O) groups excluding carboxylic acids is 1. The Balaban J connectivity index is 1.56. The van der Waals surface area contributed by atoms with E-state index in [-0.39, 0.29) is 18.2 Å². The number of benzene rings is 2. The molecular formula is C19H15F2N3O2. The molecule has 7 heteroatoms. The highest BCUT2D eigenvalue weighted by Crippen LogP contribution is 2.23. The van der Waals surface area contributed by atoms with E-state index in [4.69, 9.17) is 4.74 Å². The molecule has 1 aromatic heterocycles. The van der Waals surface area contributed by atoms with E-state index in [1.807, 2.05) is 6.07 Å². The van der Waals surface area contributed by atoms with E-state index in [9.17, 15) is 13.6 Å². The van der Waals surface area contributed by atoms with Crippen molar-refractivity contribution in [3.05, 3.63) is 78.5 Å². The van der Waals surface area contributed by atoms with Gasteiger partial charge in [-0.25, -0.2) is 13.8 Å². The molecular weight excluding hydrogens is 340 g/mol. The van der Waals surface area contributed by atoms with Crippen LogP contribution in [0.4, 0.5) is 26.0 Å². The van der Waals surface area contributed by atoms with Crippen LogP contribution in [0, 0.1) is 11.6 Å². The van der Waals surface area contributed by atoms with Crippen LogP contribution >= 0.6 is 0 Å². The van der Waals surface area contributed by atoms with Crippen molar-refractivity contribution in [1.29, 1.82) is 0 Å². The fourth-order valence-corrected chi connectivity index (χ4v) is 2.15. The maximum atomic E-state index is 13.6. The number of nitrogens with zero attached hydrogens (tertiary/aromatic N) is 1. The van der Waals surface area contributed by atoms with Gasteiger partial charge >= 0.3 is 0 Å². The Morgan fingerprint density at radius 2 is 1.69 bits per heavy atom. The van der Waals surface area contributed by atoms with Crippen LogP contribution < -0.4 is 15.4 Å². The predicted molar refractivity (Wildman–Crippen MR) is 94.4 cm³/mol. The second kappa shape index (κ2) is 8.06. The third-order valence-electron chi connectivity index (χ3n) is 3.38. The molecule has 0 aliphatic heterocycles. The summed E-state index contributed by atoms with van der Waals surface area (Å²) in [7, 11) is 0. The zero-order valence-electron chi connectivity index (χ0n) is 13.6. The number of halogens is 2. The van der Waals surface area contributed by atoms with Crippen molar-refractivity contribution in [2.45, 2.75) is 0 Å². The molecule has 132 valence electrons. The van der Waals surface area contributed by atoms with Crippen molar-refractivity contribution in [3.8, 4) is 5.75 Å². The number of para-hydroxylation sites is 2. The van der Waals surface area contributed by atoms with Crippen LogP contribution in [-0.4, -0.2) is 17.5 Å². The van der Waals surface area contributed by atoms with E-state index >= 15 is 0 Å². The zero-order valence-corrected chi connectivity index (χ0v) is 13.6.